The lowest BCUT2D eigenvalue weighted by Gasteiger charge is -2.37. The first-order chi connectivity index (χ1) is 19.0. The Bertz CT molecular complexity index is 1510. The molecule has 5 rings (SSSR count). The van der Waals surface area contributed by atoms with Crippen LogP contribution in [-0.4, -0.2) is 58.7 Å². The lowest BCUT2D eigenvalue weighted by molar-refractivity contribution is 0.0240. The number of fused-ring (bicyclic) bond motifs is 1. The Labute approximate surface area is 230 Å². The van der Waals surface area contributed by atoms with Gasteiger partial charge >= 0.3 is 6.09 Å². The number of ether oxygens (including phenoxy) is 1. The van der Waals surface area contributed by atoms with E-state index in [4.69, 9.17) is 4.74 Å². The van der Waals surface area contributed by atoms with E-state index in [-0.39, 0.29) is 17.6 Å². The van der Waals surface area contributed by atoms with Gasteiger partial charge in [0, 0.05) is 49.0 Å². The molecule has 2 aliphatic rings. The van der Waals surface area contributed by atoms with E-state index in [0.717, 1.165) is 17.3 Å². The molecule has 3 heterocycles. The van der Waals surface area contributed by atoms with Crippen molar-refractivity contribution >= 4 is 23.3 Å². The van der Waals surface area contributed by atoms with Crippen LogP contribution in [0.1, 0.15) is 49.1 Å². The summed E-state index contributed by atoms with van der Waals surface area (Å²) in [5.41, 5.74) is 1.53. The molecule has 0 radical (unpaired) electrons. The van der Waals surface area contributed by atoms with Crippen LogP contribution in [0.15, 0.2) is 41.4 Å². The number of aromatic amines is 1. The Balaban J connectivity index is 1.43. The number of nitrogens with one attached hydrogen (secondary N) is 1. The molecule has 1 saturated heterocycles. The van der Waals surface area contributed by atoms with E-state index in [0.29, 0.717) is 43.5 Å². The molecule has 3 aromatic rings. The lowest BCUT2D eigenvalue weighted by Crippen LogP contribution is -2.50. The Kier molecular flexibility index (Phi) is 7.04. The summed E-state index contributed by atoms with van der Waals surface area (Å²) in [5, 5.41) is 17.2. The van der Waals surface area contributed by atoms with Crippen LogP contribution in [0.4, 0.5) is 29.5 Å². The number of benzene rings is 2. The molecule has 11 heteroatoms. The second kappa shape index (κ2) is 10.3. The number of halogens is 3. The third kappa shape index (κ3) is 5.01. The van der Waals surface area contributed by atoms with Crippen molar-refractivity contribution in [3.63, 3.8) is 0 Å². The second-order valence-electron chi connectivity index (χ2n) is 10.9. The molecule has 2 atom stereocenters. The lowest BCUT2D eigenvalue weighted by atomic mass is 9.75. The van der Waals surface area contributed by atoms with Crippen LogP contribution < -0.4 is 4.90 Å². The van der Waals surface area contributed by atoms with Gasteiger partial charge in [0.2, 0.25) is 0 Å². The first kappa shape index (κ1) is 27.2. The van der Waals surface area contributed by atoms with Gasteiger partial charge in [0.1, 0.15) is 17.3 Å². The molecule has 208 valence electrons. The maximum Gasteiger partial charge on any atom is 0.410 e. The standard InChI is InChI=1S/C29H29F3N6O2/c1-16-22-23(19(15-33)26(34-27(22)36-35-16)24-20(30)9-10-21(31)25(24)32)17-5-7-18(8-6-17)37-11-13-38(14-12-37)28(39)40-29(2,3)4/h5-10,19,23H,11-14H2,1-4H3,(H,35,36). The van der Waals surface area contributed by atoms with Crippen LogP contribution in [-0.2, 0) is 4.74 Å². The van der Waals surface area contributed by atoms with Crippen LogP contribution in [0.2, 0.25) is 0 Å². The molecule has 0 aliphatic carbocycles. The van der Waals surface area contributed by atoms with Gasteiger partial charge in [-0.15, -0.1) is 0 Å². The fraction of sp³-hybridized carbons (Fsp3) is 0.379. The number of hydrogen-bond acceptors (Lipinski definition) is 6. The minimum Gasteiger partial charge on any atom is -0.444 e. The fourth-order valence-corrected chi connectivity index (χ4v) is 5.22. The topological polar surface area (TPSA) is 97.6 Å². The number of piperazine rings is 1. The average molecular weight is 551 g/mol. The molecule has 2 aromatic carbocycles. The molecule has 0 saturated carbocycles. The van der Waals surface area contributed by atoms with Gasteiger partial charge in [-0.3, -0.25) is 5.10 Å². The Morgan fingerprint density at radius 3 is 2.33 bits per heavy atom. The van der Waals surface area contributed by atoms with E-state index >= 15 is 0 Å². The quantitative estimate of drug-likeness (QED) is 0.429. The summed E-state index contributed by atoms with van der Waals surface area (Å²) >= 11 is 0. The van der Waals surface area contributed by atoms with Crippen molar-refractivity contribution in [1.82, 2.24) is 15.1 Å². The number of aryl methyl sites for hydroxylation is 1. The van der Waals surface area contributed by atoms with Crippen molar-refractivity contribution in [3.05, 3.63) is 76.2 Å². The summed E-state index contributed by atoms with van der Waals surface area (Å²) in [5.74, 6) is -5.17. The third-order valence-corrected chi connectivity index (χ3v) is 7.13. The summed E-state index contributed by atoms with van der Waals surface area (Å²) in [7, 11) is 0. The molecule has 1 N–H and O–H groups in total. The van der Waals surface area contributed by atoms with E-state index < -0.39 is 40.5 Å². The van der Waals surface area contributed by atoms with Gasteiger partial charge in [-0.25, -0.2) is 23.0 Å². The zero-order valence-electron chi connectivity index (χ0n) is 22.6. The molecular formula is C29H29F3N6O2. The number of carbonyl (C=O) groups excluding carboxylic acids is 1. The monoisotopic (exact) mass is 550 g/mol. The fourth-order valence-electron chi connectivity index (χ4n) is 5.22. The number of aromatic nitrogens is 2. The largest absolute Gasteiger partial charge is 0.444 e. The normalized spacial score (nSPS) is 19.1. The molecule has 40 heavy (non-hydrogen) atoms. The van der Waals surface area contributed by atoms with Crippen LogP contribution in [0.5, 0.6) is 0 Å². The van der Waals surface area contributed by atoms with Crippen LogP contribution in [0, 0.1) is 41.6 Å². The first-order valence-corrected chi connectivity index (χ1v) is 13.0. The van der Waals surface area contributed by atoms with Crippen molar-refractivity contribution in [2.45, 2.75) is 39.2 Å². The van der Waals surface area contributed by atoms with Gasteiger partial charge in [-0.2, -0.15) is 10.4 Å². The molecule has 1 amide bonds. The summed E-state index contributed by atoms with van der Waals surface area (Å²) in [4.78, 5) is 20.6. The van der Waals surface area contributed by atoms with Crippen molar-refractivity contribution in [3.8, 4) is 6.07 Å². The predicted octanol–water partition coefficient (Wildman–Crippen LogP) is 5.60. The van der Waals surface area contributed by atoms with Gasteiger partial charge in [-0.05, 0) is 57.5 Å². The van der Waals surface area contributed by atoms with Gasteiger partial charge in [-0.1, -0.05) is 12.1 Å². The maximum atomic E-state index is 14.8. The van der Waals surface area contributed by atoms with E-state index in [1.165, 1.54) is 0 Å². The number of aliphatic imine (C=N–C) groups is 1. The minimum atomic E-state index is -1.39. The molecule has 8 nitrogen and oxygen atoms in total. The molecular weight excluding hydrogens is 521 g/mol. The van der Waals surface area contributed by atoms with Gasteiger partial charge in [0.05, 0.1) is 17.3 Å². The highest BCUT2D eigenvalue weighted by molar-refractivity contribution is 6.07. The molecule has 2 unspecified atom stereocenters. The van der Waals surface area contributed by atoms with E-state index in [1.54, 1.807) is 11.8 Å². The minimum absolute atomic E-state index is 0.203. The number of rotatable bonds is 3. The smallest absolute Gasteiger partial charge is 0.410 e. The Morgan fingerprint density at radius 2 is 1.70 bits per heavy atom. The number of nitriles is 1. The zero-order chi connectivity index (χ0) is 28.8. The van der Waals surface area contributed by atoms with Crippen molar-refractivity contribution in [2.24, 2.45) is 10.9 Å². The molecule has 0 spiro atoms. The second-order valence-corrected chi connectivity index (χ2v) is 10.9. The summed E-state index contributed by atoms with van der Waals surface area (Å²) in [6.07, 6.45) is -0.336. The van der Waals surface area contributed by atoms with Crippen LogP contribution in [0.3, 0.4) is 0 Å². The SMILES string of the molecule is Cc1[nH]nc2c1C(c1ccc(N3CCN(C(=O)OC(C)(C)C)CC3)cc1)C(C#N)C(c1c(F)ccc(F)c1F)=N2. The number of amides is 1. The number of H-pyrrole nitrogens is 1. The predicted molar refractivity (Wildman–Crippen MR) is 143 cm³/mol. The number of nitrogens with zero attached hydrogens (tertiary/aromatic N) is 5. The van der Waals surface area contributed by atoms with Crippen LogP contribution in [0.25, 0.3) is 0 Å². The Morgan fingerprint density at radius 1 is 1.05 bits per heavy atom. The van der Waals surface area contributed by atoms with Crippen LogP contribution >= 0.6 is 0 Å². The van der Waals surface area contributed by atoms with Gasteiger partial charge in [0.15, 0.2) is 17.5 Å². The first-order valence-electron chi connectivity index (χ1n) is 13.0. The van der Waals surface area contributed by atoms with Crippen molar-refractivity contribution in [1.29, 1.82) is 5.26 Å². The highest BCUT2D eigenvalue weighted by Gasteiger charge is 2.40. The molecule has 1 aromatic heterocycles. The Hall–Kier alpha value is -4.33. The van der Waals surface area contributed by atoms with Gasteiger partial charge in [0.25, 0.3) is 0 Å². The van der Waals surface area contributed by atoms with E-state index in [9.17, 15) is 23.2 Å². The average Bonchev–Trinajstić information content (AvgIpc) is 3.29. The highest BCUT2D eigenvalue weighted by Crippen LogP contribution is 2.45. The summed E-state index contributed by atoms with van der Waals surface area (Å²) < 4.78 is 49.2. The number of carbonyl (C=O) groups is 1. The zero-order valence-corrected chi connectivity index (χ0v) is 22.6. The van der Waals surface area contributed by atoms with Gasteiger partial charge < -0.3 is 14.5 Å². The summed E-state index contributed by atoms with van der Waals surface area (Å²) in [6, 6.07) is 11.2. The van der Waals surface area contributed by atoms with E-state index in [1.807, 2.05) is 45.0 Å². The van der Waals surface area contributed by atoms with Crippen molar-refractivity contribution in [2.75, 3.05) is 31.1 Å². The number of hydrogen-bond donors (Lipinski definition) is 1. The maximum absolute atomic E-state index is 14.8. The summed E-state index contributed by atoms with van der Waals surface area (Å²) in [6.45, 7) is 9.54. The molecule has 1 fully saturated rings. The molecule has 2 aliphatic heterocycles. The number of anilines is 1. The van der Waals surface area contributed by atoms with E-state index in [2.05, 4.69) is 26.2 Å². The third-order valence-electron chi connectivity index (χ3n) is 7.13. The van der Waals surface area contributed by atoms with Crippen molar-refractivity contribution < 1.29 is 22.7 Å². The highest BCUT2D eigenvalue weighted by atomic mass is 19.2. The molecule has 0 bridgehead atoms.